The van der Waals surface area contributed by atoms with Gasteiger partial charge in [-0.3, -0.25) is 4.98 Å². The SMILES string of the molecule is Cc1cc(-c2[c-]ccc3c2oc2ccccc23)nc[c]1[Ge]([CH3])([CH3])[CH3].Cc1ccc2c(n1)sc1c(-c3nc4ccccc4n3-c3ccc(C(C)(C)C)cc3)[c-]ccc12.[Ir]. The van der Waals surface area contributed by atoms with Crippen LogP contribution in [0.3, 0.4) is 0 Å². The molecular weight excluding hydrogens is 969 g/mol. The van der Waals surface area contributed by atoms with Gasteiger partial charge in [-0.05, 0) is 58.3 Å². The normalized spacial score (nSPS) is 12.0. The molecule has 0 aliphatic heterocycles. The van der Waals surface area contributed by atoms with Crippen molar-refractivity contribution in [1.82, 2.24) is 19.5 Å². The van der Waals surface area contributed by atoms with Crippen LogP contribution >= 0.6 is 11.3 Å². The van der Waals surface area contributed by atoms with Gasteiger partial charge in [-0.1, -0.05) is 62.1 Å². The number of rotatable bonds is 4. The minimum Gasteiger partial charge on any atom is -0.333 e. The number of benzene rings is 5. The zero-order valence-electron chi connectivity index (χ0n) is 34.0. The molecular formula is C50H44GeIrN4OS-2. The Hall–Kier alpha value is -4.92. The van der Waals surface area contributed by atoms with E-state index in [1.54, 1.807) is 11.3 Å². The second-order valence-electron chi connectivity index (χ2n) is 16.9. The Balaban J connectivity index is 0.000000167. The van der Waals surface area contributed by atoms with E-state index < -0.39 is 13.3 Å². The van der Waals surface area contributed by atoms with Crippen LogP contribution in [-0.4, -0.2) is 32.8 Å². The van der Waals surface area contributed by atoms with Crippen LogP contribution in [0.15, 0.2) is 126 Å². The molecule has 291 valence electrons. The van der Waals surface area contributed by atoms with Gasteiger partial charge in [-0.2, -0.15) is 11.3 Å². The zero-order chi connectivity index (χ0) is 39.6. The molecule has 58 heavy (non-hydrogen) atoms. The van der Waals surface area contributed by atoms with Crippen molar-refractivity contribution >= 4 is 82.3 Å². The summed E-state index contributed by atoms with van der Waals surface area (Å²) in [6, 6.07) is 46.8. The van der Waals surface area contributed by atoms with E-state index in [9.17, 15) is 0 Å². The average Bonchev–Trinajstić information content (AvgIpc) is 3.88. The van der Waals surface area contributed by atoms with Gasteiger partial charge in [0.2, 0.25) is 0 Å². The number of para-hydroxylation sites is 3. The van der Waals surface area contributed by atoms with Crippen molar-refractivity contribution in [2.45, 2.75) is 57.3 Å². The molecule has 10 rings (SSSR count). The first-order valence-corrected chi connectivity index (χ1v) is 27.6. The Morgan fingerprint density at radius 1 is 0.724 bits per heavy atom. The van der Waals surface area contributed by atoms with Gasteiger partial charge in [-0.25, -0.2) is 4.98 Å². The van der Waals surface area contributed by atoms with Crippen LogP contribution in [0.5, 0.6) is 0 Å². The summed E-state index contributed by atoms with van der Waals surface area (Å²) in [7, 11) is 0. The fraction of sp³-hybridized carbons (Fsp3) is 0.180. The largest absolute Gasteiger partial charge is 0.333 e. The van der Waals surface area contributed by atoms with E-state index in [1.807, 2.05) is 43.3 Å². The van der Waals surface area contributed by atoms with Crippen molar-refractivity contribution < 1.29 is 24.5 Å². The maximum absolute atomic E-state index is 6.12. The summed E-state index contributed by atoms with van der Waals surface area (Å²) < 4.78 is 11.0. The molecule has 0 atom stereocenters. The maximum atomic E-state index is 6.12. The van der Waals surface area contributed by atoms with Crippen molar-refractivity contribution in [3.8, 4) is 28.3 Å². The van der Waals surface area contributed by atoms with Crippen LogP contribution in [0, 0.1) is 26.0 Å². The first kappa shape index (κ1) is 39.9. The van der Waals surface area contributed by atoms with Crippen molar-refractivity contribution in [1.29, 1.82) is 0 Å². The standard InChI is InChI=1S/C29H24N3S.C21H20GeNO.Ir/c1-18-12-17-22-21-8-7-9-23(26(21)33-28(22)30-18)27-31-24-10-5-6-11-25(24)32(27)20-15-13-19(14-16-20)29(2,3)4;1-14-12-19(23-13-18(14)22(2,3)4)17-10-7-9-16-15-8-5-6-11-20(15)24-21(16)17;/h5-8,10-17H,1-4H3;5-9,11-13H,1-4H3;/q2*-1;. The summed E-state index contributed by atoms with van der Waals surface area (Å²) in [5.74, 6) is 8.11. The molecule has 0 aliphatic rings. The summed E-state index contributed by atoms with van der Waals surface area (Å²) in [6.07, 6.45) is 2.07. The van der Waals surface area contributed by atoms with Crippen molar-refractivity contribution in [2.75, 3.05) is 0 Å². The first-order valence-electron chi connectivity index (χ1n) is 19.4. The third-order valence-corrected chi connectivity index (χ3v) is 16.3. The van der Waals surface area contributed by atoms with E-state index in [1.165, 1.54) is 31.0 Å². The predicted octanol–water partition coefficient (Wildman–Crippen LogP) is 13.2. The van der Waals surface area contributed by atoms with Gasteiger partial charge in [0.05, 0.1) is 16.9 Å². The van der Waals surface area contributed by atoms with Gasteiger partial charge >= 0.3 is 145 Å². The Bertz CT molecular complexity index is 3130. The van der Waals surface area contributed by atoms with Gasteiger partial charge in [0.15, 0.2) is 0 Å². The third kappa shape index (κ3) is 7.23. The molecule has 0 N–H and O–H groups in total. The molecule has 8 heteroatoms. The number of hydrogen-bond donors (Lipinski definition) is 0. The Morgan fingerprint density at radius 3 is 2.17 bits per heavy atom. The fourth-order valence-corrected chi connectivity index (χ4v) is 12.6. The van der Waals surface area contributed by atoms with Crippen molar-refractivity contribution in [3.63, 3.8) is 0 Å². The molecule has 0 amide bonds. The fourth-order valence-electron chi connectivity index (χ4n) is 7.80. The Labute approximate surface area is 359 Å². The first-order chi connectivity index (χ1) is 27.3. The molecule has 0 bridgehead atoms. The summed E-state index contributed by atoms with van der Waals surface area (Å²) >= 11 is -0.170. The van der Waals surface area contributed by atoms with Gasteiger partial charge < -0.3 is 4.57 Å². The van der Waals surface area contributed by atoms with E-state index in [4.69, 9.17) is 19.4 Å². The number of aromatic nitrogens is 4. The molecule has 5 nitrogen and oxygen atoms in total. The van der Waals surface area contributed by atoms with Crippen LogP contribution in [0.2, 0.25) is 17.3 Å². The van der Waals surface area contributed by atoms with E-state index in [2.05, 4.69) is 147 Å². The number of pyridine rings is 2. The molecule has 5 heterocycles. The smallest absolute Gasteiger partial charge is 0.113 e. The minimum absolute atomic E-state index is 0. The van der Waals surface area contributed by atoms with Crippen molar-refractivity contribution in [3.05, 3.63) is 150 Å². The Kier molecular flexibility index (Phi) is 10.6. The number of furan rings is 1. The maximum Gasteiger partial charge on any atom is 0.113 e. The molecule has 0 unspecified atom stereocenters. The second-order valence-corrected chi connectivity index (χ2v) is 28.5. The van der Waals surface area contributed by atoms with Gasteiger partial charge in [0.1, 0.15) is 4.83 Å². The van der Waals surface area contributed by atoms with Crippen LogP contribution in [0.4, 0.5) is 0 Å². The summed E-state index contributed by atoms with van der Waals surface area (Å²) in [5, 5.41) is 4.66. The minimum atomic E-state index is -1.89. The van der Waals surface area contributed by atoms with Crippen molar-refractivity contribution in [2.24, 2.45) is 0 Å². The Morgan fingerprint density at radius 2 is 1.43 bits per heavy atom. The van der Waals surface area contributed by atoms with Gasteiger partial charge in [0, 0.05) is 31.5 Å². The van der Waals surface area contributed by atoms with E-state index in [0.717, 1.165) is 71.8 Å². The predicted molar refractivity (Wildman–Crippen MR) is 243 cm³/mol. The second kappa shape index (κ2) is 15.4. The van der Waals surface area contributed by atoms with Gasteiger partial charge in [-0.15, -0.1) is 18.2 Å². The van der Waals surface area contributed by atoms with Crippen LogP contribution < -0.4 is 4.40 Å². The molecule has 5 aromatic carbocycles. The monoisotopic (exact) mass is 1020 g/mol. The van der Waals surface area contributed by atoms with E-state index in [-0.39, 0.29) is 25.5 Å². The number of hydrogen-bond acceptors (Lipinski definition) is 5. The van der Waals surface area contributed by atoms with Gasteiger partial charge in [0.25, 0.3) is 0 Å². The van der Waals surface area contributed by atoms with E-state index >= 15 is 0 Å². The number of aryl methyl sites for hydroxylation is 2. The molecule has 5 aromatic heterocycles. The number of fused-ring (bicyclic) bond motifs is 7. The molecule has 0 spiro atoms. The van der Waals surface area contributed by atoms with Crippen LogP contribution in [0.1, 0.15) is 37.6 Å². The average molecular weight is 1010 g/mol. The molecule has 1 radical (unpaired) electrons. The number of thiophene rings is 1. The summed E-state index contributed by atoms with van der Waals surface area (Å²) in [5.41, 5.74) is 11.6. The molecule has 0 saturated carbocycles. The molecule has 0 saturated heterocycles. The van der Waals surface area contributed by atoms with E-state index in [0.29, 0.717) is 0 Å². The number of imidazole rings is 1. The zero-order valence-corrected chi connectivity index (χ0v) is 39.3. The molecule has 0 aliphatic carbocycles. The summed E-state index contributed by atoms with van der Waals surface area (Å²) in [6.45, 7) is 11.0. The summed E-state index contributed by atoms with van der Waals surface area (Å²) in [4.78, 5) is 15.7. The third-order valence-electron chi connectivity index (χ3n) is 10.7. The van der Waals surface area contributed by atoms with Crippen LogP contribution in [0.25, 0.3) is 81.6 Å². The quantitative estimate of drug-likeness (QED) is 0.130. The topological polar surface area (TPSA) is 56.7 Å². The number of nitrogens with zero attached hydrogens (tertiary/aromatic N) is 4. The van der Waals surface area contributed by atoms with Crippen LogP contribution in [-0.2, 0) is 25.5 Å². The molecule has 0 fully saturated rings. The molecule has 10 aromatic rings.